The average Bonchev–Trinajstić information content (AvgIpc) is 2.77. The van der Waals surface area contributed by atoms with Crippen LogP contribution in [0.5, 0.6) is 5.75 Å². The molecule has 1 aromatic heterocycles. The van der Waals surface area contributed by atoms with E-state index in [4.69, 9.17) is 5.11 Å². The van der Waals surface area contributed by atoms with Crippen molar-refractivity contribution in [1.29, 1.82) is 0 Å². The average molecular weight is 238 g/mol. The minimum absolute atomic E-state index is 0.272. The molecule has 0 fully saturated rings. The zero-order valence-electron chi connectivity index (χ0n) is 7.98. The number of nitrogens with one attached hydrogen (secondary N) is 1. The number of thiazole rings is 1. The van der Waals surface area contributed by atoms with Gasteiger partial charge < -0.3 is 10.4 Å². The van der Waals surface area contributed by atoms with Crippen LogP contribution in [-0.2, 0) is 0 Å². The molecule has 2 N–H and O–H groups in total. The maximum absolute atomic E-state index is 13.0. The summed E-state index contributed by atoms with van der Waals surface area (Å²) >= 11 is 1.30. The number of carbonyl (C=O) groups excluding carboxylic acids is 1. The molecule has 2 rings (SSSR count). The van der Waals surface area contributed by atoms with E-state index in [-0.39, 0.29) is 11.4 Å². The van der Waals surface area contributed by atoms with E-state index in [0.29, 0.717) is 0 Å². The fourth-order valence-electron chi connectivity index (χ4n) is 1.10. The summed E-state index contributed by atoms with van der Waals surface area (Å²) in [6.07, 6.45) is 0. The molecule has 16 heavy (non-hydrogen) atoms. The van der Waals surface area contributed by atoms with Crippen LogP contribution in [-0.4, -0.2) is 16.0 Å². The summed E-state index contributed by atoms with van der Waals surface area (Å²) in [6.45, 7) is 0. The van der Waals surface area contributed by atoms with Crippen LogP contribution in [0, 0.1) is 5.82 Å². The van der Waals surface area contributed by atoms with Gasteiger partial charge in [0.1, 0.15) is 5.69 Å². The second-order valence-electron chi connectivity index (χ2n) is 2.99. The normalized spacial score (nSPS) is 10.1. The number of hydrogen-bond acceptors (Lipinski definition) is 4. The molecule has 0 aliphatic heterocycles. The lowest BCUT2D eigenvalue weighted by Crippen LogP contribution is -2.12. The van der Waals surface area contributed by atoms with Crippen molar-refractivity contribution in [3.05, 3.63) is 40.6 Å². The van der Waals surface area contributed by atoms with E-state index >= 15 is 0 Å². The predicted molar refractivity (Wildman–Crippen MR) is 58.1 cm³/mol. The van der Waals surface area contributed by atoms with Crippen molar-refractivity contribution >= 4 is 22.9 Å². The van der Waals surface area contributed by atoms with Crippen molar-refractivity contribution in [2.75, 3.05) is 5.32 Å². The van der Waals surface area contributed by atoms with Gasteiger partial charge in [-0.15, -0.1) is 11.3 Å². The molecular weight excluding hydrogens is 231 g/mol. The first-order chi connectivity index (χ1) is 7.66. The Morgan fingerprint density at radius 3 is 2.94 bits per heavy atom. The summed E-state index contributed by atoms with van der Waals surface area (Å²) in [5, 5.41) is 13.0. The van der Waals surface area contributed by atoms with Crippen molar-refractivity contribution in [2.24, 2.45) is 0 Å². The highest BCUT2D eigenvalue weighted by Gasteiger charge is 2.09. The van der Waals surface area contributed by atoms with Gasteiger partial charge in [0, 0.05) is 17.1 Å². The summed E-state index contributed by atoms with van der Waals surface area (Å²) in [7, 11) is 0. The van der Waals surface area contributed by atoms with Gasteiger partial charge in [0.2, 0.25) is 0 Å². The van der Waals surface area contributed by atoms with E-state index in [1.165, 1.54) is 29.0 Å². The van der Waals surface area contributed by atoms with Crippen LogP contribution in [0.15, 0.2) is 29.1 Å². The van der Waals surface area contributed by atoms with Crippen LogP contribution >= 0.6 is 11.3 Å². The molecule has 0 bridgehead atoms. The first-order valence-corrected chi connectivity index (χ1v) is 5.29. The van der Waals surface area contributed by atoms with E-state index in [2.05, 4.69) is 10.3 Å². The van der Waals surface area contributed by atoms with E-state index in [0.717, 1.165) is 6.07 Å². The summed E-state index contributed by atoms with van der Waals surface area (Å²) in [4.78, 5) is 15.3. The second kappa shape index (κ2) is 4.28. The maximum atomic E-state index is 13.0. The van der Waals surface area contributed by atoms with Crippen molar-refractivity contribution in [3.8, 4) is 5.75 Å². The van der Waals surface area contributed by atoms with Crippen LogP contribution in [0.2, 0.25) is 0 Å². The molecule has 0 unspecified atom stereocenters. The van der Waals surface area contributed by atoms with Crippen molar-refractivity contribution < 1.29 is 14.3 Å². The predicted octanol–water partition coefficient (Wildman–Crippen LogP) is 2.24. The molecular formula is C10H7FN2O2S. The molecule has 6 heteroatoms. The molecule has 0 saturated heterocycles. The number of benzene rings is 1. The molecule has 0 aliphatic carbocycles. The quantitative estimate of drug-likeness (QED) is 0.789. The number of rotatable bonds is 2. The van der Waals surface area contributed by atoms with Gasteiger partial charge in [-0.2, -0.15) is 0 Å². The van der Waals surface area contributed by atoms with Crippen LogP contribution in [0.1, 0.15) is 10.5 Å². The number of aromatic nitrogens is 1. The zero-order chi connectivity index (χ0) is 11.5. The van der Waals surface area contributed by atoms with Crippen LogP contribution in [0.4, 0.5) is 10.1 Å². The number of phenols is 1. The Kier molecular flexibility index (Phi) is 2.82. The van der Waals surface area contributed by atoms with Gasteiger partial charge in [0.25, 0.3) is 5.91 Å². The smallest absolute Gasteiger partial charge is 0.275 e. The molecule has 1 aromatic carbocycles. The molecule has 2 aromatic rings. The van der Waals surface area contributed by atoms with Crippen molar-refractivity contribution in [3.63, 3.8) is 0 Å². The molecule has 0 atom stereocenters. The van der Waals surface area contributed by atoms with Gasteiger partial charge in [0.05, 0.1) is 5.51 Å². The van der Waals surface area contributed by atoms with Gasteiger partial charge in [-0.05, 0) is 12.1 Å². The highest BCUT2D eigenvalue weighted by Crippen LogP contribution is 2.19. The summed E-state index contributed by atoms with van der Waals surface area (Å²) in [5.41, 5.74) is 2.08. The second-order valence-corrected chi connectivity index (χ2v) is 3.71. The van der Waals surface area contributed by atoms with E-state index in [1.807, 2.05) is 0 Å². The van der Waals surface area contributed by atoms with Crippen molar-refractivity contribution in [1.82, 2.24) is 4.98 Å². The largest absolute Gasteiger partial charge is 0.505 e. The first-order valence-electron chi connectivity index (χ1n) is 4.35. The Hall–Kier alpha value is -1.95. The topological polar surface area (TPSA) is 62.2 Å². The van der Waals surface area contributed by atoms with Gasteiger partial charge in [-0.1, -0.05) is 0 Å². The molecule has 0 aliphatic rings. The van der Waals surface area contributed by atoms with Gasteiger partial charge in [0.15, 0.2) is 11.6 Å². The molecule has 0 radical (unpaired) electrons. The number of halogens is 1. The monoisotopic (exact) mass is 238 g/mol. The fourth-order valence-corrected chi connectivity index (χ4v) is 1.64. The zero-order valence-corrected chi connectivity index (χ0v) is 8.79. The summed E-state index contributed by atoms with van der Waals surface area (Å²) < 4.78 is 13.0. The number of phenolic OH excluding ortho intramolecular Hbond substituents is 1. The third kappa shape index (κ3) is 2.17. The summed E-state index contributed by atoms with van der Waals surface area (Å²) in [5.74, 6) is -1.64. The van der Waals surface area contributed by atoms with Gasteiger partial charge >= 0.3 is 0 Å². The van der Waals surface area contributed by atoms with Gasteiger partial charge in [-0.25, -0.2) is 9.37 Å². The van der Waals surface area contributed by atoms with E-state index < -0.39 is 17.5 Å². The number of carbonyl (C=O) groups is 1. The minimum Gasteiger partial charge on any atom is -0.505 e. The lowest BCUT2D eigenvalue weighted by Gasteiger charge is -2.03. The summed E-state index contributed by atoms with van der Waals surface area (Å²) in [6, 6.07) is 3.62. The molecule has 1 amide bonds. The molecule has 0 saturated carbocycles. The Morgan fingerprint density at radius 1 is 1.50 bits per heavy atom. The molecule has 4 nitrogen and oxygen atoms in total. The molecule has 82 valence electrons. The lowest BCUT2D eigenvalue weighted by atomic mass is 10.3. The standard InChI is InChI=1S/C10H7FN2O2S/c11-7-3-6(1-2-9(7)14)13-10(15)8-4-16-5-12-8/h1-5,14H,(H,13,15). The van der Waals surface area contributed by atoms with Crippen LogP contribution in [0.3, 0.4) is 0 Å². The number of nitrogens with zero attached hydrogens (tertiary/aromatic N) is 1. The third-order valence-electron chi connectivity index (χ3n) is 1.87. The third-order valence-corrected chi connectivity index (χ3v) is 2.46. The number of amides is 1. The van der Waals surface area contributed by atoms with Crippen molar-refractivity contribution in [2.45, 2.75) is 0 Å². The molecule has 1 heterocycles. The number of hydrogen-bond donors (Lipinski definition) is 2. The van der Waals surface area contributed by atoms with E-state index in [9.17, 15) is 9.18 Å². The number of anilines is 1. The van der Waals surface area contributed by atoms with Gasteiger partial charge in [-0.3, -0.25) is 4.79 Å². The Morgan fingerprint density at radius 2 is 2.31 bits per heavy atom. The SMILES string of the molecule is O=C(Nc1ccc(O)c(F)c1)c1cscn1. The van der Waals surface area contributed by atoms with Crippen LogP contribution < -0.4 is 5.32 Å². The van der Waals surface area contributed by atoms with Crippen LogP contribution in [0.25, 0.3) is 0 Å². The fraction of sp³-hybridized carbons (Fsp3) is 0. The highest BCUT2D eigenvalue weighted by molar-refractivity contribution is 7.07. The highest BCUT2D eigenvalue weighted by atomic mass is 32.1. The minimum atomic E-state index is -0.781. The lowest BCUT2D eigenvalue weighted by molar-refractivity contribution is 0.102. The molecule has 0 spiro atoms. The number of aromatic hydroxyl groups is 1. The Balaban J connectivity index is 2.15. The van der Waals surface area contributed by atoms with E-state index in [1.54, 1.807) is 5.38 Å². The first kappa shape index (κ1) is 10.6. The Bertz CT molecular complexity index is 514. The Labute approximate surface area is 94.4 Å². The maximum Gasteiger partial charge on any atom is 0.275 e.